The number of hydrogen-bond acceptors (Lipinski definition) is 7. The van der Waals surface area contributed by atoms with Gasteiger partial charge >= 0.3 is 5.97 Å². The summed E-state index contributed by atoms with van der Waals surface area (Å²) in [6.45, 7) is 7.20. The normalized spacial score (nSPS) is 10.5. The number of para-hydroxylation sites is 1. The van der Waals surface area contributed by atoms with Gasteiger partial charge in [0.25, 0.3) is 0 Å². The molecule has 2 N–H and O–H groups in total. The molecule has 0 saturated carbocycles. The van der Waals surface area contributed by atoms with Gasteiger partial charge in [-0.1, -0.05) is 26.0 Å². The van der Waals surface area contributed by atoms with Crippen molar-refractivity contribution in [3.8, 4) is 0 Å². The summed E-state index contributed by atoms with van der Waals surface area (Å²) >= 11 is 0. The van der Waals surface area contributed by atoms with Crippen LogP contribution in [0.2, 0.25) is 0 Å². The molecule has 0 amide bonds. The van der Waals surface area contributed by atoms with Crippen molar-refractivity contribution in [2.45, 2.75) is 27.2 Å². The monoisotopic (exact) mass is 329 g/mol. The molecule has 2 aromatic rings. The second kappa shape index (κ2) is 8.81. The van der Waals surface area contributed by atoms with E-state index in [4.69, 9.17) is 4.74 Å². The van der Waals surface area contributed by atoms with E-state index in [0.717, 1.165) is 13.0 Å². The lowest BCUT2D eigenvalue weighted by atomic mass is 10.1. The third kappa shape index (κ3) is 5.19. The van der Waals surface area contributed by atoms with Crippen LogP contribution in [0.3, 0.4) is 0 Å². The lowest BCUT2D eigenvalue weighted by molar-refractivity contribution is 0.0527. The molecule has 128 valence electrons. The second-order valence-electron chi connectivity index (χ2n) is 5.67. The van der Waals surface area contributed by atoms with Crippen LogP contribution >= 0.6 is 0 Å². The molecule has 0 bridgehead atoms. The number of ether oxygens (including phenoxy) is 1. The summed E-state index contributed by atoms with van der Waals surface area (Å²) in [7, 11) is 0. The number of carbonyl (C=O) groups excluding carboxylic acids is 1. The maximum atomic E-state index is 12.0. The van der Waals surface area contributed by atoms with E-state index < -0.39 is 0 Å². The molecular weight excluding hydrogens is 306 g/mol. The molecule has 0 fully saturated rings. The van der Waals surface area contributed by atoms with E-state index in [1.165, 1.54) is 6.20 Å². The number of anilines is 3. The molecule has 0 spiro atoms. The van der Waals surface area contributed by atoms with Crippen LogP contribution in [-0.4, -0.2) is 34.3 Å². The van der Waals surface area contributed by atoms with Gasteiger partial charge in [-0.15, -0.1) is 5.10 Å². The summed E-state index contributed by atoms with van der Waals surface area (Å²) in [4.78, 5) is 16.4. The number of hydrogen-bond donors (Lipinski definition) is 2. The largest absolute Gasteiger partial charge is 0.462 e. The maximum Gasteiger partial charge on any atom is 0.340 e. The number of nitrogens with zero attached hydrogens (tertiary/aromatic N) is 3. The van der Waals surface area contributed by atoms with Crippen molar-refractivity contribution < 1.29 is 9.53 Å². The van der Waals surface area contributed by atoms with Crippen molar-refractivity contribution in [1.82, 2.24) is 15.2 Å². The highest BCUT2D eigenvalue weighted by Gasteiger charge is 2.12. The second-order valence-corrected chi connectivity index (χ2v) is 5.67. The van der Waals surface area contributed by atoms with Gasteiger partial charge in [-0.3, -0.25) is 0 Å². The van der Waals surface area contributed by atoms with Gasteiger partial charge in [0.1, 0.15) is 0 Å². The number of rotatable bonds is 8. The van der Waals surface area contributed by atoms with Crippen LogP contribution in [0.5, 0.6) is 0 Å². The first-order chi connectivity index (χ1) is 11.6. The molecule has 24 heavy (non-hydrogen) atoms. The third-order valence-electron chi connectivity index (χ3n) is 3.25. The van der Waals surface area contributed by atoms with Gasteiger partial charge in [-0.25, -0.2) is 4.79 Å². The average Bonchev–Trinajstić information content (AvgIpc) is 2.55. The van der Waals surface area contributed by atoms with Crippen LogP contribution in [0.15, 0.2) is 30.5 Å². The van der Waals surface area contributed by atoms with Gasteiger partial charge in [0.2, 0.25) is 5.95 Å². The molecule has 0 aliphatic carbocycles. The van der Waals surface area contributed by atoms with Gasteiger partial charge in [-0.2, -0.15) is 10.1 Å². The smallest absolute Gasteiger partial charge is 0.340 e. The minimum Gasteiger partial charge on any atom is -0.462 e. The van der Waals surface area contributed by atoms with E-state index in [0.29, 0.717) is 35.5 Å². The molecule has 0 unspecified atom stereocenters. The fourth-order valence-electron chi connectivity index (χ4n) is 2.03. The number of esters is 1. The molecule has 7 heteroatoms. The molecule has 0 aliphatic heterocycles. The minimum absolute atomic E-state index is 0.326. The zero-order valence-corrected chi connectivity index (χ0v) is 14.2. The maximum absolute atomic E-state index is 12.0. The Kier molecular flexibility index (Phi) is 6.48. The molecule has 1 aromatic heterocycles. The summed E-state index contributed by atoms with van der Waals surface area (Å²) in [6, 6.07) is 7.12. The molecule has 2 rings (SSSR count). The number of benzene rings is 1. The van der Waals surface area contributed by atoms with Crippen LogP contribution in [0, 0.1) is 5.92 Å². The minimum atomic E-state index is -0.377. The van der Waals surface area contributed by atoms with Crippen molar-refractivity contribution in [1.29, 1.82) is 0 Å². The highest BCUT2D eigenvalue weighted by molar-refractivity contribution is 5.96. The summed E-state index contributed by atoms with van der Waals surface area (Å²) in [5.41, 5.74) is 1.07. The first-order valence-electron chi connectivity index (χ1n) is 8.07. The number of aromatic nitrogens is 3. The Labute approximate surface area is 141 Å². The highest BCUT2D eigenvalue weighted by atomic mass is 16.5. The summed E-state index contributed by atoms with van der Waals surface area (Å²) < 4.78 is 5.07. The molecule has 1 heterocycles. The van der Waals surface area contributed by atoms with Gasteiger partial charge in [-0.05, 0) is 31.4 Å². The lowest BCUT2D eigenvalue weighted by Crippen LogP contribution is -2.11. The Balaban J connectivity index is 2.10. The summed E-state index contributed by atoms with van der Waals surface area (Å²) in [5, 5.41) is 14.1. The topological polar surface area (TPSA) is 89.0 Å². The molecule has 0 saturated heterocycles. The van der Waals surface area contributed by atoms with Crippen LogP contribution in [0.1, 0.15) is 37.6 Å². The molecule has 1 aromatic carbocycles. The summed E-state index contributed by atoms with van der Waals surface area (Å²) in [6.07, 6.45) is 2.53. The standard InChI is InChI=1S/C17H23N5O2/c1-4-24-16(23)13-7-5-6-8-14(13)20-15-11-19-22-17(21-15)18-10-9-12(2)3/h5-8,11-12H,4,9-10H2,1-3H3,(H2,18,20,21,22). The zero-order valence-electron chi connectivity index (χ0n) is 14.2. The first-order valence-corrected chi connectivity index (χ1v) is 8.07. The number of carbonyl (C=O) groups is 1. The van der Waals surface area contributed by atoms with E-state index in [9.17, 15) is 4.79 Å². The lowest BCUT2D eigenvalue weighted by Gasteiger charge is -2.11. The van der Waals surface area contributed by atoms with E-state index in [2.05, 4.69) is 39.7 Å². The van der Waals surface area contributed by atoms with Gasteiger partial charge in [0.05, 0.1) is 24.1 Å². The Bertz CT molecular complexity index is 676. The van der Waals surface area contributed by atoms with Crippen molar-refractivity contribution >= 4 is 23.4 Å². The molecule has 0 atom stereocenters. The van der Waals surface area contributed by atoms with Crippen LogP contribution in [-0.2, 0) is 4.74 Å². The zero-order chi connectivity index (χ0) is 17.4. The van der Waals surface area contributed by atoms with Crippen molar-refractivity contribution in [3.05, 3.63) is 36.0 Å². The fraction of sp³-hybridized carbons (Fsp3) is 0.412. The van der Waals surface area contributed by atoms with Crippen molar-refractivity contribution in [2.75, 3.05) is 23.8 Å². The third-order valence-corrected chi connectivity index (χ3v) is 3.25. The summed E-state index contributed by atoms with van der Waals surface area (Å²) in [5.74, 6) is 1.18. The van der Waals surface area contributed by atoms with Crippen LogP contribution in [0.4, 0.5) is 17.5 Å². The van der Waals surface area contributed by atoms with E-state index in [1.54, 1.807) is 25.1 Å². The van der Waals surface area contributed by atoms with Crippen molar-refractivity contribution in [2.24, 2.45) is 5.92 Å². The quantitative estimate of drug-likeness (QED) is 0.719. The molecular formula is C17H23N5O2. The Morgan fingerprint density at radius 1 is 1.29 bits per heavy atom. The molecule has 0 radical (unpaired) electrons. The predicted octanol–water partition coefficient (Wildman–Crippen LogP) is 3.25. The van der Waals surface area contributed by atoms with Crippen LogP contribution in [0.25, 0.3) is 0 Å². The van der Waals surface area contributed by atoms with Gasteiger partial charge in [0.15, 0.2) is 5.82 Å². The number of nitrogens with one attached hydrogen (secondary N) is 2. The molecule has 0 aliphatic rings. The Hall–Kier alpha value is -2.70. The molecule has 7 nitrogen and oxygen atoms in total. The SMILES string of the molecule is CCOC(=O)c1ccccc1Nc1cnnc(NCCC(C)C)n1. The van der Waals surface area contributed by atoms with E-state index >= 15 is 0 Å². The van der Waals surface area contributed by atoms with Gasteiger partial charge in [0, 0.05) is 6.54 Å². The Morgan fingerprint density at radius 3 is 2.83 bits per heavy atom. The van der Waals surface area contributed by atoms with Gasteiger partial charge < -0.3 is 15.4 Å². The van der Waals surface area contributed by atoms with E-state index in [1.807, 2.05) is 6.07 Å². The average molecular weight is 329 g/mol. The highest BCUT2D eigenvalue weighted by Crippen LogP contribution is 2.20. The first kappa shape index (κ1) is 17.7. The fourth-order valence-corrected chi connectivity index (χ4v) is 2.03. The predicted molar refractivity (Wildman–Crippen MR) is 93.5 cm³/mol. The van der Waals surface area contributed by atoms with Crippen molar-refractivity contribution in [3.63, 3.8) is 0 Å². The van der Waals surface area contributed by atoms with E-state index in [-0.39, 0.29) is 5.97 Å². The Morgan fingerprint density at radius 2 is 2.08 bits per heavy atom. The van der Waals surface area contributed by atoms with Crippen LogP contribution < -0.4 is 10.6 Å².